The molecule has 2 unspecified atom stereocenters. The largest absolute Gasteiger partial charge is 0.494 e. The number of amides is 3. The summed E-state index contributed by atoms with van der Waals surface area (Å²) < 4.78 is 14.0. The third-order valence-corrected chi connectivity index (χ3v) is 10.3. The lowest BCUT2D eigenvalue weighted by molar-refractivity contribution is -0.150. The molecule has 3 saturated heterocycles. The highest BCUT2D eigenvalue weighted by Gasteiger charge is 2.79. The van der Waals surface area contributed by atoms with Crippen molar-refractivity contribution in [3.05, 3.63) is 84.4 Å². The van der Waals surface area contributed by atoms with Crippen molar-refractivity contribution in [3.8, 4) is 5.75 Å². The summed E-state index contributed by atoms with van der Waals surface area (Å²) in [6, 6.07) is 22.3. The van der Waals surface area contributed by atoms with Gasteiger partial charge >= 0.3 is 0 Å². The lowest BCUT2D eigenvalue weighted by Gasteiger charge is -2.37. The number of carbonyl (C=O) groups is 3. The summed E-state index contributed by atoms with van der Waals surface area (Å²) in [4.78, 5) is 44.9. The van der Waals surface area contributed by atoms with Crippen LogP contribution in [0, 0.1) is 11.8 Å². The Bertz CT molecular complexity index is 1810. The molecule has 3 N–H and O–H groups in total. The van der Waals surface area contributed by atoms with E-state index in [0.717, 1.165) is 11.1 Å². The highest BCUT2D eigenvalue weighted by molar-refractivity contribution is 6.02. The highest BCUT2D eigenvalue weighted by atomic mass is 16.5. The molecule has 0 radical (unpaired) electrons. The maximum absolute atomic E-state index is 14.8. The minimum Gasteiger partial charge on any atom is -0.494 e. The van der Waals surface area contributed by atoms with E-state index in [1.165, 1.54) is 4.90 Å². The fourth-order valence-corrected chi connectivity index (χ4v) is 8.19. The van der Waals surface area contributed by atoms with Crippen LogP contribution >= 0.6 is 0 Å². The van der Waals surface area contributed by atoms with Crippen LogP contribution in [-0.4, -0.2) is 79.2 Å². The summed E-state index contributed by atoms with van der Waals surface area (Å²) in [5.41, 5.74) is 0.742. The number of para-hydroxylation sites is 1. The summed E-state index contributed by atoms with van der Waals surface area (Å²) in [6.45, 7) is 4.02. The lowest BCUT2D eigenvalue weighted by Crippen LogP contribution is -2.58. The molecule has 2 bridgehead atoms. The van der Waals surface area contributed by atoms with Gasteiger partial charge in [-0.05, 0) is 74.6 Å². The van der Waals surface area contributed by atoms with Gasteiger partial charge in [-0.1, -0.05) is 54.6 Å². The molecular weight excluding hydrogens is 612 g/mol. The standard InChI is InChI=1S/C36H40N6O6/c1-3-35-18-19-36(48-35)30(29(35)32(44)38-24-14-16-26(17-15-24)47-4-2)34(46)42(25(21-43)20-23-10-6-5-7-11-23)31(36)33(45)37-22-41-28-13-9-8-12-27(28)39-40-41/h5-17,25,29-31,43H,3-4,18-22H2,1-2H3,(H,37,45)(H,38,44)/t25-,29+,30+,31?,35-,36?/m1/s1. The molecular formula is C36H40N6O6. The molecule has 3 amide bonds. The molecule has 6 atom stereocenters. The SMILES string of the molecule is CCOc1ccc(NC(=O)[C@@H]2[C@H]3C(=O)N([C@@H](CO)Cc4ccccc4)C(C(=O)NCn4nnc5ccccc54)C34CC[C@@]2(CC)O4)cc1. The van der Waals surface area contributed by atoms with E-state index < -0.39 is 41.0 Å². The van der Waals surface area contributed by atoms with Gasteiger partial charge in [-0.25, -0.2) is 4.68 Å². The van der Waals surface area contributed by atoms with Crippen molar-refractivity contribution in [2.24, 2.45) is 11.8 Å². The van der Waals surface area contributed by atoms with Gasteiger partial charge < -0.3 is 30.1 Å². The van der Waals surface area contributed by atoms with E-state index >= 15 is 0 Å². The zero-order valence-electron chi connectivity index (χ0n) is 27.0. The topological polar surface area (TPSA) is 148 Å². The van der Waals surface area contributed by atoms with E-state index in [4.69, 9.17) is 9.47 Å². The van der Waals surface area contributed by atoms with Gasteiger partial charge in [-0.2, -0.15) is 0 Å². The van der Waals surface area contributed by atoms with Crippen LogP contribution < -0.4 is 15.4 Å². The van der Waals surface area contributed by atoms with Crippen LogP contribution in [-0.2, 0) is 32.2 Å². The van der Waals surface area contributed by atoms with Gasteiger partial charge in [0.1, 0.15) is 29.6 Å². The van der Waals surface area contributed by atoms with E-state index in [-0.39, 0.29) is 25.1 Å². The number of hydrogen-bond donors (Lipinski definition) is 3. The predicted octanol–water partition coefficient (Wildman–Crippen LogP) is 3.30. The Kier molecular flexibility index (Phi) is 8.38. The van der Waals surface area contributed by atoms with Crippen molar-refractivity contribution in [2.75, 3.05) is 18.5 Å². The van der Waals surface area contributed by atoms with E-state index in [9.17, 15) is 19.5 Å². The minimum atomic E-state index is -1.26. The highest BCUT2D eigenvalue weighted by Crippen LogP contribution is 2.64. The Hall–Kier alpha value is -4.81. The molecule has 4 aromatic rings. The van der Waals surface area contributed by atoms with Crippen molar-refractivity contribution in [2.45, 2.75) is 69.5 Å². The second-order valence-corrected chi connectivity index (χ2v) is 12.8. The van der Waals surface area contributed by atoms with Crippen LogP contribution in [0.5, 0.6) is 5.75 Å². The average molecular weight is 653 g/mol. The van der Waals surface area contributed by atoms with Gasteiger partial charge in [0, 0.05) is 5.69 Å². The number of hydrogen-bond acceptors (Lipinski definition) is 8. The molecule has 250 valence electrons. The fourth-order valence-electron chi connectivity index (χ4n) is 8.19. The van der Waals surface area contributed by atoms with Gasteiger partial charge in [0.25, 0.3) is 0 Å². The van der Waals surface area contributed by atoms with Gasteiger partial charge in [-0.15, -0.1) is 5.10 Å². The lowest BCUT2D eigenvalue weighted by atomic mass is 9.65. The number of likely N-dealkylation sites (tertiary alicyclic amines) is 1. The van der Waals surface area contributed by atoms with E-state index in [1.54, 1.807) is 28.9 Å². The van der Waals surface area contributed by atoms with E-state index in [1.807, 2.05) is 68.4 Å². The summed E-state index contributed by atoms with van der Waals surface area (Å²) in [5.74, 6) is -2.20. The number of ether oxygens (including phenoxy) is 2. The Labute approximate surface area is 278 Å². The Morgan fingerprint density at radius 1 is 1.02 bits per heavy atom. The van der Waals surface area contributed by atoms with Gasteiger partial charge in [-0.3, -0.25) is 14.4 Å². The van der Waals surface area contributed by atoms with Crippen molar-refractivity contribution in [1.82, 2.24) is 25.2 Å². The van der Waals surface area contributed by atoms with Crippen LogP contribution in [0.1, 0.15) is 38.7 Å². The normalized spacial score (nSPS) is 26.4. The quantitative estimate of drug-likeness (QED) is 0.211. The van der Waals surface area contributed by atoms with Gasteiger partial charge in [0.2, 0.25) is 17.7 Å². The monoisotopic (exact) mass is 652 g/mol. The number of nitrogens with one attached hydrogen (secondary N) is 2. The minimum absolute atomic E-state index is 0.0156. The van der Waals surface area contributed by atoms with Gasteiger partial charge in [0.05, 0.1) is 42.2 Å². The molecule has 4 heterocycles. The van der Waals surface area contributed by atoms with Crippen LogP contribution in [0.15, 0.2) is 78.9 Å². The van der Waals surface area contributed by atoms with E-state index in [0.29, 0.717) is 49.2 Å². The Morgan fingerprint density at radius 3 is 2.50 bits per heavy atom. The molecule has 1 aromatic heterocycles. The number of aliphatic hydroxyl groups excluding tert-OH is 1. The Morgan fingerprint density at radius 2 is 1.77 bits per heavy atom. The van der Waals surface area contributed by atoms with Crippen molar-refractivity contribution >= 4 is 34.4 Å². The summed E-state index contributed by atoms with van der Waals surface area (Å²) in [7, 11) is 0. The third-order valence-electron chi connectivity index (χ3n) is 10.3. The molecule has 3 aromatic carbocycles. The Balaban J connectivity index is 1.23. The van der Waals surface area contributed by atoms with Crippen molar-refractivity contribution in [1.29, 1.82) is 0 Å². The maximum atomic E-state index is 14.8. The van der Waals surface area contributed by atoms with Crippen molar-refractivity contribution in [3.63, 3.8) is 0 Å². The number of aromatic nitrogens is 3. The second-order valence-electron chi connectivity index (χ2n) is 12.8. The molecule has 0 saturated carbocycles. The molecule has 3 aliphatic rings. The number of rotatable bonds is 12. The average Bonchev–Trinajstić information content (AvgIpc) is 3.84. The first-order chi connectivity index (χ1) is 23.3. The maximum Gasteiger partial charge on any atom is 0.247 e. The predicted molar refractivity (Wildman–Crippen MR) is 177 cm³/mol. The number of benzene rings is 3. The summed E-state index contributed by atoms with van der Waals surface area (Å²) in [5, 5.41) is 25.1. The first kappa shape index (κ1) is 31.8. The van der Waals surface area contributed by atoms with Crippen LogP contribution in [0.2, 0.25) is 0 Å². The number of carbonyl (C=O) groups excluding carboxylic acids is 3. The number of nitrogens with zero attached hydrogens (tertiary/aromatic N) is 4. The summed E-state index contributed by atoms with van der Waals surface area (Å²) >= 11 is 0. The zero-order valence-corrected chi connectivity index (χ0v) is 27.0. The number of aliphatic hydroxyl groups is 1. The van der Waals surface area contributed by atoms with Crippen LogP contribution in [0.3, 0.4) is 0 Å². The molecule has 12 nitrogen and oxygen atoms in total. The molecule has 7 rings (SSSR count). The fraction of sp³-hybridized carbons (Fsp3) is 0.417. The number of fused-ring (bicyclic) bond motifs is 2. The molecule has 48 heavy (non-hydrogen) atoms. The second kappa shape index (κ2) is 12.7. The molecule has 12 heteroatoms. The molecule has 0 aliphatic carbocycles. The first-order valence-electron chi connectivity index (χ1n) is 16.6. The van der Waals surface area contributed by atoms with Crippen molar-refractivity contribution < 1.29 is 29.0 Å². The zero-order chi connectivity index (χ0) is 33.5. The first-order valence-corrected chi connectivity index (χ1v) is 16.6. The summed E-state index contributed by atoms with van der Waals surface area (Å²) in [6.07, 6.45) is 1.76. The molecule has 1 spiro atoms. The molecule has 3 aliphatic heterocycles. The van der Waals surface area contributed by atoms with Gasteiger partial charge in [0.15, 0.2) is 0 Å². The van der Waals surface area contributed by atoms with Crippen LogP contribution in [0.4, 0.5) is 5.69 Å². The number of anilines is 1. The van der Waals surface area contributed by atoms with Crippen LogP contribution in [0.25, 0.3) is 11.0 Å². The smallest absolute Gasteiger partial charge is 0.247 e. The molecule has 3 fully saturated rings. The third kappa shape index (κ3) is 5.19. The van der Waals surface area contributed by atoms with E-state index in [2.05, 4.69) is 20.9 Å².